The van der Waals surface area contributed by atoms with Gasteiger partial charge in [-0.25, -0.2) is 4.98 Å². The van der Waals surface area contributed by atoms with Gasteiger partial charge >= 0.3 is 0 Å². The molecular weight excluding hydrogens is 436 g/mol. The summed E-state index contributed by atoms with van der Waals surface area (Å²) in [6.07, 6.45) is 4.00. The van der Waals surface area contributed by atoms with Crippen molar-refractivity contribution < 1.29 is 9.53 Å². The molecule has 2 aromatic rings. The zero-order chi connectivity index (χ0) is 26.1. The molecule has 1 heterocycles. The zero-order valence-corrected chi connectivity index (χ0v) is 23.2. The van der Waals surface area contributed by atoms with Crippen LogP contribution in [-0.2, 0) is 9.53 Å². The predicted octanol–water partition coefficient (Wildman–Crippen LogP) is 5.28. The second kappa shape index (κ2) is 17.2. The summed E-state index contributed by atoms with van der Waals surface area (Å²) in [6.45, 7) is 15.9. The van der Waals surface area contributed by atoms with E-state index in [2.05, 4.69) is 68.7 Å². The maximum atomic E-state index is 12.3. The summed E-state index contributed by atoms with van der Waals surface area (Å²) in [4.78, 5) is 23.0. The highest BCUT2D eigenvalue weighted by atomic mass is 16.5. The van der Waals surface area contributed by atoms with Crippen LogP contribution in [0.4, 0.5) is 5.82 Å². The van der Waals surface area contributed by atoms with E-state index in [4.69, 9.17) is 4.74 Å². The van der Waals surface area contributed by atoms with Crippen molar-refractivity contribution >= 4 is 11.7 Å². The van der Waals surface area contributed by atoms with Crippen LogP contribution in [0, 0.1) is 6.92 Å². The van der Waals surface area contributed by atoms with Gasteiger partial charge in [-0.2, -0.15) is 0 Å². The number of pyridine rings is 1. The lowest BCUT2D eigenvalue weighted by Gasteiger charge is -2.29. The molecule has 0 fully saturated rings. The van der Waals surface area contributed by atoms with Crippen molar-refractivity contribution in [3.8, 4) is 0 Å². The number of aryl methyl sites for hydroxylation is 1. The van der Waals surface area contributed by atoms with Crippen LogP contribution in [0.15, 0.2) is 54.7 Å². The first-order valence-electron chi connectivity index (χ1n) is 12.9. The number of carbonyl (C=O) groups is 1. The molecule has 0 bridgehead atoms. The minimum Gasteiger partial charge on any atom is -0.374 e. The average molecular weight is 485 g/mol. The lowest BCUT2D eigenvalue weighted by atomic mass is 10.0. The third-order valence-corrected chi connectivity index (χ3v) is 5.84. The highest BCUT2D eigenvalue weighted by Gasteiger charge is 2.21. The van der Waals surface area contributed by atoms with Crippen molar-refractivity contribution in [2.24, 2.45) is 0 Å². The number of ether oxygens (including phenoxy) is 1. The summed E-state index contributed by atoms with van der Waals surface area (Å²) in [5.41, 5.74) is 1.12. The first kappa shape index (κ1) is 30.8. The Morgan fingerprint density at radius 2 is 1.63 bits per heavy atom. The number of amides is 1. The molecule has 0 aliphatic heterocycles. The van der Waals surface area contributed by atoms with Crippen molar-refractivity contribution in [3.63, 3.8) is 0 Å². The maximum absolute atomic E-state index is 12.3. The Hall–Kier alpha value is -2.28. The fourth-order valence-corrected chi connectivity index (χ4v) is 3.56. The van der Waals surface area contributed by atoms with E-state index in [-0.39, 0.29) is 11.5 Å². The van der Waals surface area contributed by atoms with Gasteiger partial charge in [0, 0.05) is 38.8 Å². The number of aromatic nitrogens is 1. The monoisotopic (exact) mass is 484 g/mol. The number of likely N-dealkylation sites (N-methyl/N-ethyl adjacent to an activating group) is 2. The predicted molar refractivity (Wildman–Crippen MR) is 148 cm³/mol. The molecule has 0 aliphatic rings. The number of carbonyl (C=O) groups excluding carboxylic acids is 1. The molecule has 0 unspecified atom stereocenters. The number of hydrogen-bond donors (Lipinski definition) is 0. The summed E-state index contributed by atoms with van der Waals surface area (Å²) in [6, 6.07) is 15.9. The standard InChI is InChI=1S/C22H40N4O2.C7H8/c1-7-21(27)26(20-12-9-10-14-23-20)15-11-13-22(3,4)28-19-18-25(8-2)17-16-24(5)6;1-7-5-3-2-4-6-7/h9-10,12,14H,7-8,11,13,15-19H2,1-6H3;2-6H,1H3. The fraction of sp³-hybridized carbons (Fsp3) is 0.586. The molecule has 0 aliphatic carbocycles. The third-order valence-electron chi connectivity index (χ3n) is 5.84. The Labute approximate surface area is 214 Å². The van der Waals surface area contributed by atoms with Gasteiger partial charge in [0.05, 0.1) is 12.2 Å². The normalized spacial score (nSPS) is 11.3. The van der Waals surface area contributed by atoms with Gasteiger partial charge in [-0.1, -0.05) is 55.8 Å². The number of rotatable bonds is 14. The minimum absolute atomic E-state index is 0.108. The van der Waals surface area contributed by atoms with E-state index in [1.807, 2.05) is 43.3 Å². The van der Waals surface area contributed by atoms with Crippen molar-refractivity contribution in [1.29, 1.82) is 0 Å². The van der Waals surface area contributed by atoms with E-state index in [1.54, 1.807) is 11.1 Å². The van der Waals surface area contributed by atoms with Crippen LogP contribution < -0.4 is 4.90 Å². The molecule has 1 aromatic heterocycles. The van der Waals surface area contributed by atoms with E-state index in [9.17, 15) is 4.79 Å². The van der Waals surface area contributed by atoms with Gasteiger partial charge in [-0.05, 0) is 66.4 Å². The minimum atomic E-state index is -0.202. The van der Waals surface area contributed by atoms with Gasteiger partial charge in [-0.3, -0.25) is 9.69 Å². The first-order chi connectivity index (χ1) is 16.7. The van der Waals surface area contributed by atoms with Gasteiger partial charge in [-0.15, -0.1) is 0 Å². The van der Waals surface area contributed by atoms with Crippen molar-refractivity contribution in [2.75, 3.05) is 58.3 Å². The van der Waals surface area contributed by atoms with Gasteiger partial charge in [0.15, 0.2) is 0 Å². The Bertz CT molecular complexity index is 797. The maximum Gasteiger partial charge on any atom is 0.227 e. The molecule has 0 atom stereocenters. The molecule has 0 saturated heterocycles. The molecule has 0 spiro atoms. The molecule has 1 aromatic carbocycles. The van der Waals surface area contributed by atoms with Crippen LogP contribution in [0.1, 0.15) is 52.5 Å². The van der Waals surface area contributed by atoms with Gasteiger partial charge in [0.2, 0.25) is 5.91 Å². The van der Waals surface area contributed by atoms with Gasteiger partial charge in [0.1, 0.15) is 5.82 Å². The summed E-state index contributed by atoms with van der Waals surface area (Å²) < 4.78 is 6.17. The van der Waals surface area contributed by atoms with Crippen LogP contribution in [-0.4, -0.2) is 79.7 Å². The van der Waals surface area contributed by atoms with E-state index in [1.165, 1.54) is 5.56 Å². The van der Waals surface area contributed by atoms with E-state index >= 15 is 0 Å². The van der Waals surface area contributed by atoms with Crippen molar-refractivity contribution in [3.05, 3.63) is 60.3 Å². The molecule has 0 radical (unpaired) electrons. The van der Waals surface area contributed by atoms with Crippen LogP contribution in [0.3, 0.4) is 0 Å². The quantitative estimate of drug-likeness (QED) is 0.365. The van der Waals surface area contributed by atoms with Crippen molar-refractivity contribution in [2.45, 2.75) is 59.5 Å². The smallest absolute Gasteiger partial charge is 0.227 e. The molecule has 35 heavy (non-hydrogen) atoms. The Balaban J connectivity index is 0.000000744. The highest BCUT2D eigenvalue weighted by molar-refractivity contribution is 5.92. The van der Waals surface area contributed by atoms with E-state index < -0.39 is 0 Å². The highest BCUT2D eigenvalue weighted by Crippen LogP contribution is 2.19. The van der Waals surface area contributed by atoms with Crippen LogP contribution in [0.5, 0.6) is 0 Å². The van der Waals surface area contributed by atoms with Crippen molar-refractivity contribution in [1.82, 2.24) is 14.8 Å². The molecule has 6 nitrogen and oxygen atoms in total. The van der Waals surface area contributed by atoms with Crippen LogP contribution in [0.25, 0.3) is 0 Å². The molecule has 0 N–H and O–H groups in total. The molecule has 0 saturated carbocycles. The van der Waals surface area contributed by atoms with Crippen LogP contribution >= 0.6 is 0 Å². The number of hydrogen-bond acceptors (Lipinski definition) is 5. The molecular formula is C29H48N4O2. The summed E-state index contributed by atoms with van der Waals surface area (Å²) in [5, 5.41) is 0. The second-order valence-electron chi connectivity index (χ2n) is 9.69. The summed E-state index contributed by atoms with van der Waals surface area (Å²) in [5.74, 6) is 0.837. The van der Waals surface area contributed by atoms with E-state index in [0.29, 0.717) is 13.0 Å². The molecule has 196 valence electrons. The second-order valence-corrected chi connectivity index (χ2v) is 9.69. The van der Waals surface area contributed by atoms with Gasteiger partial charge < -0.3 is 14.5 Å². The molecule has 1 amide bonds. The topological polar surface area (TPSA) is 48.9 Å². The Morgan fingerprint density at radius 3 is 2.14 bits per heavy atom. The number of anilines is 1. The first-order valence-corrected chi connectivity index (χ1v) is 12.9. The van der Waals surface area contributed by atoms with E-state index in [0.717, 1.165) is 51.4 Å². The fourth-order valence-electron chi connectivity index (χ4n) is 3.56. The number of benzene rings is 1. The largest absolute Gasteiger partial charge is 0.374 e. The lowest BCUT2D eigenvalue weighted by Crippen LogP contribution is -2.37. The average Bonchev–Trinajstić information content (AvgIpc) is 2.84. The van der Waals surface area contributed by atoms with Crippen LogP contribution in [0.2, 0.25) is 0 Å². The lowest BCUT2D eigenvalue weighted by molar-refractivity contribution is -0.118. The third kappa shape index (κ3) is 14.0. The zero-order valence-electron chi connectivity index (χ0n) is 23.2. The number of nitrogens with zero attached hydrogens (tertiary/aromatic N) is 4. The molecule has 2 rings (SSSR count). The SMILES string of the molecule is CCC(=O)N(CCCC(C)(C)OCCN(CC)CCN(C)C)c1ccccn1.Cc1ccccc1. The Kier molecular flexibility index (Phi) is 15.1. The molecule has 6 heteroatoms. The van der Waals surface area contributed by atoms with Gasteiger partial charge in [0.25, 0.3) is 0 Å². The Morgan fingerprint density at radius 1 is 0.943 bits per heavy atom. The summed E-state index contributed by atoms with van der Waals surface area (Å²) >= 11 is 0. The summed E-state index contributed by atoms with van der Waals surface area (Å²) in [7, 11) is 4.20.